The summed E-state index contributed by atoms with van der Waals surface area (Å²) in [5, 5.41) is 0. The van der Waals surface area contributed by atoms with Crippen LogP contribution >= 0.6 is 0 Å². The van der Waals surface area contributed by atoms with Gasteiger partial charge in [0.25, 0.3) is 0 Å². The number of hydrogen-bond donors (Lipinski definition) is 2. The Hall–Kier alpha value is -2.82. The van der Waals surface area contributed by atoms with Gasteiger partial charge in [-0.05, 0) is 43.4 Å². The normalized spacial score (nSPS) is 23.8. The lowest BCUT2D eigenvalue weighted by atomic mass is 9.87. The number of halogens is 3. The lowest BCUT2D eigenvalue weighted by molar-refractivity contribution is -0.139. The van der Waals surface area contributed by atoms with E-state index in [2.05, 4.69) is 15.5 Å². The highest BCUT2D eigenvalue weighted by Gasteiger charge is 2.38. The number of hydroxylamine groups is 1. The number of aliphatic imine (C=N–C) groups is 2. The Morgan fingerprint density at radius 2 is 2.03 bits per heavy atom. The number of alkyl halides is 3. The second-order valence-electron chi connectivity index (χ2n) is 9.33. The molecule has 3 aliphatic rings. The molecule has 1 aromatic rings. The summed E-state index contributed by atoms with van der Waals surface area (Å²) in [4.78, 5) is 26.9. The van der Waals surface area contributed by atoms with E-state index in [-0.39, 0.29) is 35.8 Å². The number of carbonyl (C=O) groups excluding carboxylic acids is 1. The Morgan fingerprint density at radius 3 is 2.74 bits per heavy atom. The van der Waals surface area contributed by atoms with E-state index < -0.39 is 23.9 Å². The first-order chi connectivity index (χ1) is 16.7. The third-order valence-electron chi connectivity index (χ3n) is 6.79. The summed E-state index contributed by atoms with van der Waals surface area (Å²) in [5.74, 6) is 0.213. The summed E-state index contributed by atoms with van der Waals surface area (Å²) in [5.41, 5.74) is 8.00. The van der Waals surface area contributed by atoms with Crippen LogP contribution in [0.5, 0.6) is 5.75 Å². The molecule has 0 aromatic heterocycles. The predicted octanol–water partition coefficient (Wildman–Crippen LogP) is 3.99. The largest absolute Gasteiger partial charge is 0.493 e. The number of carbonyl (C=O) groups is 1. The molecule has 1 saturated heterocycles. The van der Waals surface area contributed by atoms with Gasteiger partial charge in [0.15, 0.2) is 18.0 Å². The van der Waals surface area contributed by atoms with Crippen molar-refractivity contribution in [2.75, 3.05) is 13.2 Å². The highest BCUT2D eigenvalue weighted by atomic mass is 19.4. The van der Waals surface area contributed by atoms with Crippen LogP contribution in [-0.4, -0.2) is 48.0 Å². The molecule has 3 N–H and O–H groups in total. The Morgan fingerprint density at radius 1 is 1.26 bits per heavy atom. The third-order valence-corrected chi connectivity index (χ3v) is 6.79. The minimum atomic E-state index is -4.57. The van der Waals surface area contributed by atoms with Crippen LogP contribution in [0.25, 0.3) is 0 Å². The number of rotatable bonds is 6. The predicted molar refractivity (Wildman–Crippen MR) is 125 cm³/mol. The molecule has 0 radical (unpaired) electrons. The average Bonchev–Trinajstić information content (AvgIpc) is 3.49. The van der Waals surface area contributed by atoms with Crippen LogP contribution in [0.4, 0.5) is 13.2 Å². The van der Waals surface area contributed by atoms with Gasteiger partial charge in [-0.3, -0.25) is 4.79 Å². The Balaban J connectivity index is 1.47. The zero-order valence-electron chi connectivity index (χ0n) is 19.8. The number of nitrogens with two attached hydrogens (primary N) is 1. The van der Waals surface area contributed by atoms with Crippen LogP contribution in [0, 0.1) is 5.92 Å². The molecule has 0 spiro atoms. The van der Waals surface area contributed by atoms with Gasteiger partial charge in [0, 0.05) is 19.0 Å². The molecule has 11 heteroatoms. The van der Waals surface area contributed by atoms with E-state index in [4.69, 9.17) is 15.3 Å². The van der Waals surface area contributed by atoms with E-state index in [9.17, 15) is 18.0 Å². The molecule has 192 valence electrons. The van der Waals surface area contributed by atoms with Crippen molar-refractivity contribution < 1.29 is 27.5 Å². The van der Waals surface area contributed by atoms with Crippen molar-refractivity contribution in [1.82, 2.24) is 10.4 Å². The monoisotopic (exact) mass is 495 g/mol. The topological polar surface area (TPSA) is 102 Å². The molecule has 8 nitrogen and oxygen atoms in total. The van der Waals surface area contributed by atoms with Gasteiger partial charge in [0.05, 0.1) is 18.2 Å². The van der Waals surface area contributed by atoms with Crippen molar-refractivity contribution >= 4 is 17.7 Å². The van der Waals surface area contributed by atoms with Crippen LogP contribution in [0.15, 0.2) is 28.2 Å². The summed E-state index contributed by atoms with van der Waals surface area (Å²) in [6.07, 6.45) is 2.81. The van der Waals surface area contributed by atoms with Gasteiger partial charge < -0.3 is 15.4 Å². The third kappa shape index (κ3) is 6.25. The second kappa shape index (κ2) is 10.8. The van der Waals surface area contributed by atoms with Crippen molar-refractivity contribution in [3.8, 4) is 5.75 Å². The van der Waals surface area contributed by atoms with E-state index in [1.807, 2.05) is 0 Å². The fourth-order valence-electron chi connectivity index (χ4n) is 5.03. The molecule has 35 heavy (non-hydrogen) atoms. The molecule has 1 aliphatic carbocycles. The first-order valence-corrected chi connectivity index (χ1v) is 12.2. The maximum absolute atomic E-state index is 13.8. The number of hydrogen-bond acceptors (Lipinski definition) is 5. The van der Waals surface area contributed by atoms with Crippen molar-refractivity contribution in [2.24, 2.45) is 21.6 Å². The Labute approximate surface area is 202 Å². The smallest absolute Gasteiger partial charge is 0.419 e. The summed E-state index contributed by atoms with van der Waals surface area (Å²) in [6, 6.07) is 3.63. The first kappa shape index (κ1) is 25.3. The minimum Gasteiger partial charge on any atom is -0.493 e. The summed E-state index contributed by atoms with van der Waals surface area (Å²) >= 11 is 0. The summed E-state index contributed by atoms with van der Waals surface area (Å²) < 4.78 is 47.1. The summed E-state index contributed by atoms with van der Waals surface area (Å²) in [6.45, 7) is 2.16. The van der Waals surface area contributed by atoms with Gasteiger partial charge in [0.2, 0.25) is 5.91 Å². The van der Waals surface area contributed by atoms with Crippen LogP contribution in [0.2, 0.25) is 0 Å². The highest BCUT2D eigenvalue weighted by Crippen LogP contribution is 2.38. The number of likely N-dealkylation sites (tertiary alicyclic amines) is 1. The lowest BCUT2D eigenvalue weighted by Crippen LogP contribution is -2.46. The minimum absolute atomic E-state index is 0.0846. The van der Waals surface area contributed by atoms with E-state index in [0.29, 0.717) is 18.9 Å². The molecular weight excluding hydrogens is 463 g/mol. The number of nitrogens with one attached hydrogen (secondary N) is 1. The average molecular weight is 496 g/mol. The second-order valence-corrected chi connectivity index (χ2v) is 9.33. The van der Waals surface area contributed by atoms with Crippen molar-refractivity contribution in [3.05, 3.63) is 29.3 Å². The van der Waals surface area contributed by atoms with Crippen molar-refractivity contribution in [2.45, 2.75) is 76.7 Å². The Bertz CT molecular complexity index is 976. The van der Waals surface area contributed by atoms with Gasteiger partial charge in [-0.2, -0.15) is 18.2 Å². The SMILES string of the molecule is CC(=O)N=C(N)N1CCCC1C1N=C(c2ccc(OCCC3CCCCC3)c(C(F)(F)F)c2)NO1. The van der Waals surface area contributed by atoms with Crippen molar-refractivity contribution in [3.63, 3.8) is 0 Å². The molecule has 1 saturated carbocycles. The fraction of sp³-hybridized carbons (Fsp3) is 0.625. The van der Waals surface area contributed by atoms with Gasteiger partial charge in [0.1, 0.15) is 5.75 Å². The first-order valence-electron chi connectivity index (χ1n) is 12.2. The van der Waals surface area contributed by atoms with Crippen LogP contribution in [-0.2, 0) is 15.8 Å². The van der Waals surface area contributed by atoms with Gasteiger partial charge >= 0.3 is 6.18 Å². The number of nitrogens with zero attached hydrogens (tertiary/aromatic N) is 3. The molecule has 2 aliphatic heterocycles. The van der Waals surface area contributed by atoms with Crippen LogP contribution in [0.1, 0.15) is 69.4 Å². The van der Waals surface area contributed by atoms with E-state index in [1.54, 1.807) is 11.0 Å². The van der Waals surface area contributed by atoms with Crippen LogP contribution in [0.3, 0.4) is 0 Å². The van der Waals surface area contributed by atoms with Gasteiger partial charge in [-0.25, -0.2) is 15.3 Å². The maximum Gasteiger partial charge on any atom is 0.419 e. The molecule has 1 amide bonds. The molecular formula is C24H32F3N5O3. The number of ether oxygens (including phenoxy) is 1. The van der Waals surface area contributed by atoms with Crippen LogP contribution < -0.4 is 16.0 Å². The summed E-state index contributed by atoms with van der Waals surface area (Å²) in [7, 11) is 0. The number of amides is 1. The lowest BCUT2D eigenvalue weighted by Gasteiger charge is -2.27. The van der Waals surface area contributed by atoms with Gasteiger partial charge in [-0.15, -0.1) is 0 Å². The molecule has 2 atom stereocenters. The highest BCUT2D eigenvalue weighted by molar-refractivity contribution is 5.99. The van der Waals surface area contributed by atoms with E-state index in [0.717, 1.165) is 31.7 Å². The quantitative estimate of drug-likeness (QED) is 0.457. The number of amidine groups is 1. The fourth-order valence-corrected chi connectivity index (χ4v) is 5.03. The van der Waals surface area contributed by atoms with E-state index >= 15 is 0 Å². The number of benzene rings is 1. The molecule has 2 fully saturated rings. The van der Waals surface area contributed by atoms with E-state index in [1.165, 1.54) is 32.3 Å². The zero-order valence-corrected chi connectivity index (χ0v) is 19.8. The zero-order chi connectivity index (χ0) is 25.0. The molecule has 2 heterocycles. The molecule has 0 bridgehead atoms. The molecule has 2 unspecified atom stereocenters. The number of guanidine groups is 1. The standard InChI is InChI=1S/C24H32F3N5O3/c1-15(33)29-23(28)32-12-5-8-19(32)22-30-21(31-35-22)17-9-10-20(18(14-17)24(25,26)27)34-13-11-16-6-3-2-4-7-16/h9-10,14,16,19,22H,2-8,11-13H2,1H3,(H,30,31)(H2,28,29,33). The van der Waals surface area contributed by atoms with Gasteiger partial charge in [-0.1, -0.05) is 32.1 Å². The molecule has 4 rings (SSSR count). The molecule has 1 aromatic carbocycles. The van der Waals surface area contributed by atoms with Crippen molar-refractivity contribution in [1.29, 1.82) is 0 Å². The maximum atomic E-state index is 13.8. The Kier molecular flexibility index (Phi) is 7.83.